The van der Waals surface area contributed by atoms with Crippen LogP contribution >= 0.6 is 11.6 Å². The number of epoxide rings is 1. The summed E-state index contributed by atoms with van der Waals surface area (Å²) in [5.41, 5.74) is 2.32. The molecule has 1 saturated heterocycles. The number of hydrogen-bond donors (Lipinski definition) is 0. The van der Waals surface area contributed by atoms with E-state index in [1.807, 2.05) is 19.1 Å². The van der Waals surface area contributed by atoms with Gasteiger partial charge < -0.3 is 4.74 Å². The highest BCUT2D eigenvalue weighted by Gasteiger charge is 2.26. The molecule has 2 rings (SSSR count). The molecule has 1 aliphatic heterocycles. The van der Waals surface area contributed by atoms with Crippen molar-refractivity contribution in [1.29, 1.82) is 0 Å². The van der Waals surface area contributed by atoms with Gasteiger partial charge in [0.15, 0.2) is 0 Å². The molecule has 1 aromatic rings. The molecule has 0 aromatic heterocycles. The van der Waals surface area contributed by atoms with Crippen LogP contribution in [0.5, 0.6) is 0 Å². The fraction of sp³-hybridized carbons (Fsp3) is 0.333. The van der Waals surface area contributed by atoms with Crippen LogP contribution in [0.25, 0.3) is 0 Å². The zero-order chi connectivity index (χ0) is 7.84. The number of ether oxygens (including phenoxy) is 1. The molecular weight excluding hydrogens is 160 g/mol. The minimum absolute atomic E-state index is 0.267. The summed E-state index contributed by atoms with van der Waals surface area (Å²) in [5.74, 6) is 0. The molecule has 1 fully saturated rings. The van der Waals surface area contributed by atoms with Gasteiger partial charge in [0.1, 0.15) is 6.10 Å². The Morgan fingerprint density at radius 3 is 2.82 bits per heavy atom. The van der Waals surface area contributed by atoms with Gasteiger partial charge in [-0.25, -0.2) is 0 Å². The molecule has 1 nitrogen and oxygen atoms in total. The molecule has 0 saturated carbocycles. The van der Waals surface area contributed by atoms with Crippen LogP contribution in [0.1, 0.15) is 17.2 Å². The van der Waals surface area contributed by atoms with Crippen LogP contribution in [0, 0.1) is 6.92 Å². The number of benzene rings is 1. The predicted octanol–water partition coefficient (Wildman–Crippen LogP) is 2.72. The fourth-order valence-electron chi connectivity index (χ4n) is 1.12. The zero-order valence-corrected chi connectivity index (χ0v) is 7.06. The summed E-state index contributed by atoms with van der Waals surface area (Å²) in [6.45, 7) is 2.85. The van der Waals surface area contributed by atoms with Crippen LogP contribution in [0.2, 0.25) is 5.02 Å². The molecule has 2 heteroatoms. The van der Waals surface area contributed by atoms with Crippen molar-refractivity contribution >= 4 is 11.6 Å². The van der Waals surface area contributed by atoms with Gasteiger partial charge in [0.2, 0.25) is 0 Å². The summed E-state index contributed by atoms with van der Waals surface area (Å²) in [6.07, 6.45) is 0.267. The molecule has 1 aliphatic rings. The molecule has 0 bridgehead atoms. The second-order valence-electron chi connectivity index (χ2n) is 2.85. The van der Waals surface area contributed by atoms with Crippen LogP contribution in [0.3, 0.4) is 0 Å². The molecule has 0 amide bonds. The molecule has 0 unspecified atom stereocenters. The van der Waals surface area contributed by atoms with Crippen molar-refractivity contribution in [1.82, 2.24) is 0 Å². The van der Waals surface area contributed by atoms with Crippen LogP contribution in [0.15, 0.2) is 18.2 Å². The highest BCUT2D eigenvalue weighted by Crippen LogP contribution is 2.34. The Morgan fingerprint density at radius 1 is 1.55 bits per heavy atom. The topological polar surface area (TPSA) is 12.5 Å². The third-order valence-electron chi connectivity index (χ3n) is 1.84. The Labute approximate surface area is 70.9 Å². The van der Waals surface area contributed by atoms with Crippen molar-refractivity contribution in [3.05, 3.63) is 34.3 Å². The maximum absolute atomic E-state index is 5.98. The first kappa shape index (κ1) is 7.14. The van der Waals surface area contributed by atoms with Crippen LogP contribution in [0.4, 0.5) is 0 Å². The SMILES string of the molecule is Cc1ccc([C@@H]2CO2)c(Cl)c1. The second kappa shape index (κ2) is 2.50. The van der Waals surface area contributed by atoms with E-state index in [4.69, 9.17) is 16.3 Å². The van der Waals surface area contributed by atoms with Crippen molar-refractivity contribution in [2.75, 3.05) is 6.61 Å². The average molecular weight is 169 g/mol. The predicted molar refractivity (Wildman–Crippen MR) is 44.9 cm³/mol. The molecule has 1 aromatic carbocycles. The molecule has 11 heavy (non-hydrogen) atoms. The van der Waals surface area contributed by atoms with Crippen molar-refractivity contribution in [2.24, 2.45) is 0 Å². The first-order chi connectivity index (χ1) is 5.27. The van der Waals surface area contributed by atoms with E-state index in [1.54, 1.807) is 0 Å². The van der Waals surface area contributed by atoms with Gasteiger partial charge >= 0.3 is 0 Å². The third kappa shape index (κ3) is 1.39. The first-order valence-electron chi connectivity index (χ1n) is 3.65. The van der Waals surface area contributed by atoms with Gasteiger partial charge in [-0.3, -0.25) is 0 Å². The number of halogens is 1. The monoisotopic (exact) mass is 168 g/mol. The van der Waals surface area contributed by atoms with Crippen LogP contribution in [-0.2, 0) is 4.74 Å². The van der Waals surface area contributed by atoms with Crippen LogP contribution in [-0.4, -0.2) is 6.61 Å². The highest BCUT2D eigenvalue weighted by molar-refractivity contribution is 6.31. The van der Waals surface area contributed by atoms with E-state index in [1.165, 1.54) is 5.56 Å². The molecule has 1 heterocycles. The summed E-state index contributed by atoms with van der Waals surface area (Å²) in [4.78, 5) is 0. The Morgan fingerprint density at radius 2 is 2.27 bits per heavy atom. The first-order valence-corrected chi connectivity index (χ1v) is 4.03. The number of aryl methyl sites for hydroxylation is 1. The smallest absolute Gasteiger partial charge is 0.107 e. The quantitative estimate of drug-likeness (QED) is 0.588. The van der Waals surface area contributed by atoms with E-state index in [2.05, 4.69) is 6.07 Å². The van der Waals surface area contributed by atoms with E-state index in [-0.39, 0.29) is 6.10 Å². The fourth-order valence-corrected chi connectivity index (χ4v) is 1.48. The molecular formula is C9H9ClO. The lowest BCUT2D eigenvalue weighted by atomic mass is 10.1. The Kier molecular flexibility index (Phi) is 1.63. The van der Waals surface area contributed by atoms with Gasteiger partial charge in [0, 0.05) is 10.6 Å². The van der Waals surface area contributed by atoms with Gasteiger partial charge in [-0.1, -0.05) is 23.7 Å². The lowest BCUT2D eigenvalue weighted by molar-refractivity contribution is 0.415. The molecule has 0 N–H and O–H groups in total. The lowest BCUT2D eigenvalue weighted by Crippen LogP contribution is -1.82. The summed E-state index contributed by atoms with van der Waals surface area (Å²) < 4.78 is 5.13. The van der Waals surface area contributed by atoms with Crippen molar-refractivity contribution < 1.29 is 4.74 Å². The summed E-state index contributed by atoms with van der Waals surface area (Å²) in [7, 11) is 0. The molecule has 0 radical (unpaired) electrons. The summed E-state index contributed by atoms with van der Waals surface area (Å²) >= 11 is 5.98. The van der Waals surface area contributed by atoms with E-state index in [0.717, 1.165) is 17.2 Å². The van der Waals surface area contributed by atoms with Gasteiger partial charge in [-0.2, -0.15) is 0 Å². The zero-order valence-electron chi connectivity index (χ0n) is 6.30. The summed E-state index contributed by atoms with van der Waals surface area (Å²) in [5, 5.41) is 0.826. The molecule has 58 valence electrons. The van der Waals surface area contributed by atoms with Crippen molar-refractivity contribution in [2.45, 2.75) is 13.0 Å². The van der Waals surface area contributed by atoms with Gasteiger partial charge in [0.05, 0.1) is 6.61 Å². The average Bonchev–Trinajstić information content (AvgIpc) is 2.70. The maximum Gasteiger partial charge on any atom is 0.107 e. The van der Waals surface area contributed by atoms with Gasteiger partial charge in [0.25, 0.3) is 0 Å². The maximum atomic E-state index is 5.98. The van der Waals surface area contributed by atoms with Gasteiger partial charge in [-0.05, 0) is 18.6 Å². The van der Waals surface area contributed by atoms with Crippen LogP contribution < -0.4 is 0 Å². The Bertz CT molecular complexity index is 279. The Hall–Kier alpha value is -0.530. The molecule has 0 spiro atoms. The highest BCUT2D eigenvalue weighted by atomic mass is 35.5. The minimum Gasteiger partial charge on any atom is -0.368 e. The molecule has 1 atom stereocenters. The normalized spacial score (nSPS) is 21.8. The number of rotatable bonds is 1. The Balaban J connectivity index is 2.39. The van der Waals surface area contributed by atoms with E-state index in [9.17, 15) is 0 Å². The van der Waals surface area contributed by atoms with E-state index in [0.29, 0.717) is 0 Å². The minimum atomic E-state index is 0.267. The third-order valence-corrected chi connectivity index (χ3v) is 2.16. The van der Waals surface area contributed by atoms with E-state index < -0.39 is 0 Å². The van der Waals surface area contributed by atoms with Crippen molar-refractivity contribution in [3.8, 4) is 0 Å². The summed E-state index contributed by atoms with van der Waals surface area (Å²) in [6, 6.07) is 6.07. The standard InChI is InChI=1S/C9H9ClO/c1-6-2-3-7(8(10)4-6)9-5-11-9/h2-4,9H,5H2,1H3/t9-/m0/s1. The number of hydrogen-bond acceptors (Lipinski definition) is 1. The van der Waals surface area contributed by atoms with Gasteiger partial charge in [-0.15, -0.1) is 0 Å². The lowest BCUT2D eigenvalue weighted by Gasteiger charge is -1.99. The largest absolute Gasteiger partial charge is 0.368 e. The molecule has 0 aliphatic carbocycles. The second-order valence-corrected chi connectivity index (χ2v) is 3.25. The van der Waals surface area contributed by atoms with Crippen molar-refractivity contribution in [3.63, 3.8) is 0 Å². The van der Waals surface area contributed by atoms with E-state index >= 15 is 0 Å².